The van der Waals surface area contributed by atoms with Crippen molar-refractivity contribution in [1.29, 1.82) is 0 Å². The number of carbonyl (C=O) groups excluding carboxylic acids is 1. The number of nitrogens with one attached hydrogen (secondary N) is 1. The van der Waals surface area contributed by atoms with Crippen molar-refractivity contribution < 1.29 is 14.3 Å². The van der Waals surface area contributed by atoms with Gasteiger partial charge in [-0.1, -0.05) is 36.4 Å². The highest BCUT2D eigenvalue weighted by Crippen LogP contribution is 2.30. The minimum Gasteiger partial charge on any atom is -0.460 e. The maximum atomic E-state index is 12.7. The second-order valence-corrected chi connectivity index (χ2v) is 8.40. The van der Waals surface area contributed by atoms with Gasteiger partial charge in [0.15, 0.2) is 5.60 Å². The van der Waals surface area contributed by atoms with Gasteiger partial charge in [0, 0.05) is 20.2 Å². The average molecular weight is 425 g/mol. The van der Waals surface area contributed by atoms with Gasteiger partial charge in [-0.15, -0.1) is 5.10 Å². The summed E-state index contributed by atoms with van der Waals surface area (Å²) in [6.45, 7) is 5.95. The van der Waals surface area contributed by atoms with E-state index in [9.17, 15) is 4.79 Å². The highest BCUT2D eigenvalue weighted by Gasteiger charge is 2.31. The second-order valence-electron chi connectivity index (χ2n) is 8.40. The number of fused-ring (bicyclic) bond motifs is 1. The minimum atomic E-state index is -1.07. The molecule has 0 fully saturated rings. The molecule has 1 amide bonds. The Hall–Kier alpha value is -2.90. The molecule has 0 unspecified atom stereocenters. The highest BCUT2D eigenvalue weighted by molar-refractivity contribution is 5.88. The minimum absolute atomic E-state index is 0.173. The van der Waals surface area contributed by atoms with Crippen molar-refractivity contribution >= 4 is 16.8 Å². The summed E-state index contributed by atoms with van der Waals surface area (Å²) in [6.07, 6.45) is 0. The molecular formula is C24H32N4O3. The molecule has 166 valence electrons. The largest absolute Gasteiger partial charge is 0.460 e. The average Bonchev–Trinajstić information content (AvgIpc) is 3.04. The van der Waals surface area contributed by atoms with Crippen molar-refractivity contribution in [1.82, 2.24) is 20.0 Å². The quantitative estimate of drug-likeness (QED) is 0.542. The molecule has 31 heavy (non-hydrogen) atoms. The lowest BCUT2D eigenvalue weighted by atomic mass is 10.1. The topological polar surface area (TPSA) is 68.6 Å². The van der Waals surface area contributed by atoms with Gasteiger partial charge in [0.05, 0.1) is 24.1 Å². The van der Waals surface area contributed by atoms with E-state index in [1.807, 2.05) is 60.1 Å². The van der Waals surface area contributed by atoms with E-state index >= 15 is 0 Å². The molecule has 1 heterocycles. The van der Waals surface area contributed by atoms with Crippen LogP contribution in [0.2, 0.25) is 0 Å². The molecule has 7 nitrogen and oxygen atoms in total. The van der Waals surface area contributed by atoms with E-state index in [0.717, 1.165) is 28.6 Å². The Kier molecular flexibility index (Phi) is 7.30. The molecule has 7 heteroatoms. The van der Waals surface area contributed by atoms with Gasteiger partial charge < -0.3 is 19.7 Å². The third kappa shape index (κ3) is 5.83. The SMILES string of the molecule is COCc1ccc2c(c1)c(OC(C)(C)C(=O)NCCN(C)C)nn2Cc1ccccc1. The third-order valence-corrected chi connectivity index (χ3v) is 5.01. The number of hydrogen-bond donors (Lipinski definition) is 1. The van der Waals surface area contributed by atoms with Crippen molar-refractivity contribution in [3.05, 3.63) is 59.7 Å². The molecule has 1 N–H and O–H groups in total. The van der Waals surface area contributed by atoms with Gasteiger partial charge in [-0.3, -0.25) is 9.48 Å². The first-order chi connectivity index (χ1) is 14.8. The smallest absolute Gasteiger partial charge is 0.263 e. The summed E-state index contributed by atoms with van der Waals surface area (Å²) in [6, 6.07) is 16.2. The molecule has 0 spiro atoms. The molecule has 3 rings (SSSR count). The van der Waals surface area contributed by atoms with Gasteiger partial charge in [0.25, 0.3) is 5.91 Å². The van der Waals surface area contributed by atoms with E-state index < -0.39 is 5.60 Å². The first-order valence-corrected chi connectivity index (χ1v) is 10.4. The summed E-state index contributed by atoms with van der Waals surface area (Å²) in [5.41, 5.74) is 2.04. The van der Waals surface area contributed by atoms with E-state index in [1.54, 1.807) is 21.0 Å². The summed E-state index contributed by atoms with van der Waals surface area (Å²) < 4.78 is 13.4. The monoisotopic (exact) mass is 424 g/mol. The summed E-state index contributed by atoms with van der Waals surface area (Å²) in [5, 5.41) is 8.53. The Bertz CT molecular complexity index is 1010. The van der Waals surface area contributed by atoms with Gasteiger partial charge in [-0.25, -0.2) is 0 Å². The summed E-state index contributed by atoms with van der Waals surface area (Å²) in [4.78, 5) is 14.8. The van der Waals surface area contributed by atoms with Crippen LogP contribution >= 0.6 is 0 Å². The van der Waals surface area contributed by atoms with Gasteiger partial charge in [-0.2, -0.15) is 0 Å². The molecule has 1 aromatic heterocycles. The van der Waals surface area contributed by atoms with Crippen LogP contribution in [0, 0.1) is 0 Å². The normalized spacial score (nSPS) is 11.8. The molecule has 0 aliphatic rings. The summed E-state index contributed by atoms with van der Waals surface area (Å²) in [7, 11) is 5.61. The fourth-order valence-electron chi connectivity index (χ4n) is 3.30. The van der Waals surface area contributed by atoms with Crippen LogP contribution < -0.4 is 10.1 Å². The highest BCUT2D eigenvalue weighted by atomic mass is 16.5. The third-order valence-electron chi connectivity index (χ3n) is 5.01. The Labute approximate surface area is 183 Å². The van der Waals surface area contributed by atoms with Crippen molar-refractivity contribution in [3.8, 4) is 5.88 Å². The van der Waals surface area contributed by atoms with E-state index in [1.165, 1.54) is 0 Å². The molecule has 0 saturated heterocycles. The fourth-order valence-corrected chi connectivity index (χ4v) is 3.30. The van der Waals surface area contributed by atoms with Gasteiger partial charge in [-0.05, 0) is 51.2 Å². The Morgan fingerprint density at radius 1 is 1.13 bits per heavy atom. The zero-order chi connectivity index (χ0) is 22.4. The van der Waals surface area contributed by atoms with Crippen molar-refractivity contribution in [2.45, 2.75) is 32.6 Å². The van der Waals surface area contributed by atoms with Gasteiger partial charge in [0.1, 0.15) is 0 Å². The maximum Gasteiger partial charge on any atom is 0.263 e. The number of ether oxygens (including phenoxy) is 2. The van der Waals surface area contributed by atoms with Crippen molar-refractivity contribution in [3.63, 3.8) is 0 Å². The predicted octanol–water partition coefficient (Wildman–Crippen LogP) is 3.07. The molecule has 0 bridgehead atoms. The van der Waals surface area contributed by atoms with E-state index in [0.29, 0.717) is 25.6 Å². The molecule has 0 radical (unpaired) electrons. The van der Waals surface area contributed by atoms with Crippen molar-refractivity contribution in [2.75, 3.05) is 34.3 Å². The van der Waals surface area contributed by atoms with Crippen LogP contribution in [0.1, 0.15) is 25.0 Å². The lowest BCUT2D eigenvalue weighted by Crippen LogP contribution is -2.48. The Morgan fingerprint density at radius 3 is 2.55 bits per heavy atom. The van der Waals surface area contributed by atoms with E-state index in [4.69, 9.17) is 14.6 Å². The molecule has 2 aromatic carbocycles. The second kappa shape index (κ2) is 9.94. The van der Waals surface area contributed by atoms with Crippen molar-refractivity contribution in [2.24, 2.45) is 0 Å². The zero-order valence-corrected chi connectivity index (χ0v) is 19.0. The summed E-state index contributed by atoms with van der Waals surface area (Å²) >= 11 is 0. The number of benzene rings is 2. The molecule has 0 aliphatic heterocycles. The molecule has 0 saturated carbocycles. The number of rotatable bonds is 10. The lowest BCUT2D eigenvalue weighted by Gasteiger charge is -2.24. The molecule has 3 aromatic rings. The number of methoxy groups -OCH3 is 1. The standard InChI is InChI=1S/C24H32N4O3/c1-24(2,23(29)25-13-14-27(3)4)31-22-20-15-19(17-30-5)11-12-21(20)28(26-22)16-18-9-7-6-8-10-18/h6-12,15H,13-14,16-17H2,1-5H3,(H,25,29). The number of likely N-dealkylation sites (N-methyl/N-ethyl adjacent to an activating group) is 1. The molecule has 0 atom stereocenters. The number of aromatic nitrogens is 2. The number of amides is 1. The van der Waals surface area contributed by atoms with Crippen LogP contribution in [0.25, 0.3) is 10.9 Å². The predicted molar refractivity (Wildman–Crippen MR) is 122 cm³/mol. The van der Waals surface area contributed by atoms with Crippen LogP contribution in [-0.4, -0.2) is 60.5 Å². The molecular weight excluding hydrogens is 392 g/mol. The zero-order valence-electron chi connectivity index (χ0n) is 19.0. The van der Waals surface area contributed by atoms with Crippen LogP contribution in [0.5, 0.6) is 5.88 Å². The van der Waals surface area contributed by atoms with Crippen LogP contribution in [-0.2, 0) is 22.7 Å². The first kappa shape index (κ1) is 22.8. The Balaban J connectivity index is 1.90. The van der Waals surface area contributed by atoms with Gasteiger partial charge >= 0.3 is 0 Å². The number of hydrogen-bond acceptors (Lipinski definition) is 5. The van der Waals surface area contributed by atoms with Crippen LogP contribution in [0.4, 0.5) is 0 Å². The summed E-state index contributed by atoms with van der Waals surface area (Å²) in [5.74, 6) is 0.268. The number of carbonyl (C=O) groups is 1. The van der Waals surface area contributed by atoms with Crippen LogP contribution in [0.15, 0.2) is 48.5 Å². The van der Waals surface area contributed by atoms with Gasteiger partial charge in [0.2, 0.25) is 5.88 Å². The van der Waals surface area contributed by atoms with E-state index in [-0.39, 0.29) is 5.91 Å². The first-order valence-electron chi connectivity index (χ1n) is 10.4. The van der Waals surface area contributed by atoms with Crippen LogP contribution in [0.3, 0.4) is 0 Å². The number of nitrogens with zero attached hydrogens (tertiary/aromatic N) is 3. The molecule has 0 aliphatic carbocycles. The lowest BCUT2D eigenvalue weighted by molar-refractivity contribution is -0.134. The fraction of sp³-hybridized carbons (Fsp3) is 0.417. The Morgan fingerprint density at radius 2 is 1.87 bits per heavy atom. The van der Waals surface area contributed by atoms with E-state index in [2.05, 4.69) is 17.4 Å². The maximum absolute atomic E-state index is 12.7.